The van der Waals surface area contributed by atoms with E-state index in [0.29, 0.717) is 5.76 Å². The number of benzene rings is 2. The molecular formula is C23H26N2O5S. The van der Waals surface area contributed by atoms with E-state index < -0.39 is 10.0 Å². The average molecular weight is 443 g/mol. The first-order valence-electron chi connectivity index (χ1n) is 10.3. The van der Waals surface area contributed by atoms with Crippen molar-refractivity contribution >= 4 is 26.9 Å². The molecule has 2 aromatic carbocycles. The van der Waals surface area contributed by atoms with Gasteiger partial charge in [0, 0.05) is 24.0 Å². The van der Waals surface area contributed by atoms with Gasteiger partial charge >= 0.3 is 0 Å². The largest absolute Gasteiger partial charge is 0.459 e. The maximum absolute atomic E-state index is 13.1. The van der Waals surface area contributed by atoms with Crippen LogP contribution in [0.4, 0.5) is 0 Å². The van der Waals surface area contributed by atoms with Crippen LogP contribution in [0.1, 0.15) is 42.9 Å². The van der Waals surface area contributed by atoms with E-state index in [9.17, 15) is 13.2 Å². The van der Waals surface area contributed by atoms with Crippen LogP contribution in [-0.4, -0.2) is 43.9 Å². The van der Waals surface area contributed by atoms with Crippen molar-refractivity contribution in [1.82, 2.24) is 9.62 Å². The number of ether oxygens (including phenoxy) is 1. The zero-order valence-corrected chi connectivity index (χ0v) is 18.6. The summed E-state index contributed by atoms with van der Waals surface area (Å²) in [4.78, 5) is 12.9. The Balaban J connectivity index is 1.52. The van der Waals surface area contributed by atoms with Crippen LogP contribution < -0.4 is 5.32 Å². The van der Waals surface area contributed by atoms with E-state index in [1.807, 2.05) is 51.1 Å². The molecule has 1 saturated heterocycles. The van der Waals surface area contributed by atoms with Crippen LogP contribution in [0.5, 0.6) is 0 Å². The highest BCUT2D eigenvalue weighted by Gasteiger charge is 2.32. The topological polar surface area (TPSA) is 88.9 Å². The third-order valence-electron chi connectivity index (χ3n) is 5.34. The highest BCUT2D eigenvalue weighted by Crippen LogP contribution is 2.25. The van der Waals surface area contributed by atoms with Crippen LogP contribution >= 0.6 is 0 Å². The van der Waals surface area contributed by atoms with E-state index >= 15 is 0 Å². The van der Waals surface area contributed by atoms with Crippen molar-refractivity contribution in [2.24, 2.45) is 0 Å². The van der Waals surface area contributed by atoms with Gasteiger partial charge in [-0.25, -0.2) is 8.42 Å². The molecule has 3 aromatic rings. The molecule has 3 atom stereocenters. The number of carbonyl (C=O) groups is 1. The minimum Gasteiger partial charge on any atom is -0.459 e. The van der Waals surface area contributed by atoms with Gasteiger partial charge in [0.25, 0.3) is 5.91 Å². The van der Waals surface area contributed by atoms with Crippen LogP contribution in [0.3, 0.4) is 0 Å². The standard InChI is InChI=1S/C23H26N2O5S/c1-15-13-25(14-16(2)29-15)31(27,28)20-9-6-8-19(11-20)23(26)24-17(3)22-12-18-7-4-5-10-21(18)30-22/h4-12,15-17H,13-14H2,1-3H3,(H,24,26). The Morgan fingerprint density at radius 2 is 1.77 bits per heavy atom. The van der Waals surface area contributed by atoms with E-state index in [0.717, 1.165) is 11.0 Å². The number of nitrogens with zero attached hydrogens (tertiary/aromatic N) is 1. The lowest BCUT2D eigenvalue weighted by molar-refractivity contribution is -0.0440. The van der Waals surface area contributed by atoms with Gasteiger partial charge in [-0.3, -0.25) is 4.79 Å². The minimum absolute atomic E-state index is 0.0952. The third kappa shape index (κ3) is 4.51. The lowest BCUT2D eigenvalue weighted by Gasteiger charge is -2.34. The second-order valence-electron chi connectivity index (χ2n) is 7.99. The molecule has 0 aliphatic carbocycles. The van der Waals surface area contributed by atoms with Crippen LogP contribution in [0, 0.1) is 0 Å². The molecule has 1 fully saturated rings. The molecule has 1 aromatic heterocycles. The number of nitrogens with one attached hydrogen (secondary N) is 1. The van der Waals surface area contributed by atoms with E-state index in [-0.39, 0.29) is 47.7 Å². The molecule has 0 spiro atoms. The number of fused-ring (bicyclic) bond motifs is 1. The van der Waals surface area contributed by atoms with Gasteiger partial charge in [0.15, 0.2) is 0 Å². The maximum Gasteiger partial charge on any atom is 0.251 e. The Hall–Kier alpha value is -2.68. The maximum atomic E-state index is 13.1. The SMILES string of the molecule is CC1CN(S(=O)(=O)c2cccc(C(=O)NC(C)c3cc4ccccc4o3)c2)CC(C)O1. The van der Waals surface area contributed by atoms with E-state index in [4.69, 9.17) is 9.15 Å². The fourth-order valence-electron chi connectivity index (χ4n) is 3.84. The number of carbonyl (C=O) groups excluding carboxylic acids is 1. The molecule has 8 heteroatoms. The molecule has 31 heavy (non-hydrogen) atoms. The molecule has 3 unspecified atom stereocenters. The molecule has 1 aliphatic heterocycles. The van der Waals surface area contributed by atoms with Crippen LogP contribution in [0.25, 0.3) is 11.0 Å². The molecule has 4 rings (SSSR count). The fraction of sp³-hybridized carbons (Fsp3) is 0.348. The number of amides is 1. The van der Waals surface area contributed by atoms with Gasteiger partial charge in [-0.15, -0.1) is 0 Å². The molecule has 0 radical (unpaired) electrons. The number of para-hydroxylation sites is 1. The first kappa shape index (κ1) is 21.5. The summed E-state index contributed by atoms with van der Waals surface area (Å²) in [6.45, 7) is 6.09. The van der Waals surface area contributed by atoms with E-state index in [2.05, 4.69) is 5.32 Å². The van der Waals surface area contributed by atoms with Crippen molar-refractivity contribution in [2.75, 3.05) is 13.1 Å². The van der Waals surface area contributed by atoms with Crippen molar-refractivity contribution in [3.63, 3.8) is 0 Å². The molecule has 0 saturated carbocycles. The summed E-state index contributed by atoms with van der Waals surface area (Å²) in [7, 11) is -3.73. The fourth-order valence-corrected chi connectivity index (χ4v) is 5.48. The van der Waals surface area contributed by atoms with Crippen molar-refractivity contribution in [1.29, 1.82) is 0 Å². The number of morpholine rings is 1. The summed E-state index contributed by atoms with van der Waals surface area (Å²) < 4.78 is 39.1. The Morgan fingerprint density at radius 3 is 2.48 bits per heavy atom. The van der Waals surface area contributed by atoms with Gasteiger partial charge in [0.2, 0.25) is 10.0 Å². The Labute approximate surface area is 182 Å². The predicted octanol–water partition coefficient (Wildman–Crippen LogP) is 3.72. The molecule has 1 aliphatic rings. The second-order valence-corrected chi connectivity index (χ2v) is 9.93. The van der Waals surface area contributed by atoms with E-state index in [1.165, 1.54) is 16.4 Å². The van der Waals surface area contributed by atoms with Crippen molar-refractivity contribution in [3.05, 3.63) is 65.9 Å². The average Bonchev–Trinajstić information content (AvgIpc) is 3.17. The number of furan rings is 1. The third-order valence-corrected chi connectivity index (χ3v) is 7.17. The summed E-state index contributed by atoms with van der Waals surface area (Å²) in [5.41, 5.74) is 1.03. The van der Waals surface area contributed by atoms with Crippen molar-refractivity contribution in [3.8, 4) is 0 Å². The highest BCUT2D eigenvalue weighted by molar-refractivity contribution is 7.89. The van der Waals surface area contributed by atoms with Crippen LogP contribution in [-0.2, 0) is 14.8 Å². The lowest BCUT2D eigenvalue weighted by atomic mass is 10.1. The zero-order valence-electron chi connectivity index (χ0n) is 17.7. The second kappa shape index (κ2) is 8.45. The van der Waals surface area contributed by atoms with E-state index in [1.54, 1.807) is 12.1 Å². The van der Waals surface area contributed by atoms with Crippen molar-refractivity contribution in [2.45, 2.75) is 43.9 Å². The summed E-state index contributed by atoms with van der Waals surface area (Å²) in [6, 6.07) is 15.3. The van der Waals surface area contributed by atoms with Gasteiger partial charge in [0.05, 0.1) is 23.1 Å². The first-order valence-corrected chi connectivity index (χ1v) is 11.7. The smallest absolute Gasteiger partial charge is 0.251 e. The van der Waals surface area contributed by atoms with Crippen LogP contribution in [0.15, 0.2) is 63.9 Å². The molecule has 1 amide bonds. The number of sulfonamides is 1. The zero-order chi connectivity index (χ0) is 22.2. The Morgan fingerprint density at radius 1 is 1.06 bits per heavy atom. The van der Waals surface area contributed by atoms with Gasteiger partial charge in [-0.05, 0) is 51.1 Å². The molecular weight excluding hydrogens is 416 g/mol. The molecule has 1 N–H and O–H groups in total. The normalized spacial score (nSPS) is 21.1. The summed E-state index contributed by atoms with van der Waals surface area (Å²) >= 11 is 0. The number of hydrogen-bond donors (Lipinski definition) is 1. The Kier molecular flexibility index (Phi) is 5.88. The molecule has 2 heterocycles. The van der Waals surface area contributed by atoms with Gasteiger partial charge in [-0.1, -0.05) is 24.3 Å². The predicted molar refractivity (Wildman–Crippen MR) is 117 cm³/mol. The Bertz CT molecular complexity index is 1160. The quantitative estimate of drug-likeness (QED) is 0.651. The molecule has 164 valence electrons. The van der Waals surface area contributed by atoms with Gasteiger partial charge in [-0.2, -0.15) is 4.31 Å². The molecule has 7 nitrogen and oxygen atoms in total. The first-order chi connectivity index (χ1) is 14.7. The number of hydrogen-bond acceptors (Lipinski definition) is 5. The van der Waals surface area contributed by atoms with Crippen LogP contribution in [0.2, 0.25) is 0 Å². The minimum atomic E-state index is -3.73. The van der Waals surface area contributed by atoms with Gasteiger partial charge in [0.1, 0.15) is 11.3 Å². The lowest BCUT2D eigenvalue weighted by Crippen LogP contribution is -2.48. The highest BCUT2D eigenvalue weighted by atomic mass is 32.2. The summed E-state index contributed by atoms with van der Waals surface area (Å²) in [6.07, 6.45) is -0.371. The van der Waals surface area contributed by atoms with Crippen molar-refractivity contribution < 1.29 is 22.4 Å². The molecule has 0 bridgehead atoms. The summed E-state index contributed by atoms with van der Waals surface area (Å²) in [5, 5.41) is 3.84. The summed E-state index contributed by atoms with van der Waals surface area (Å²) in [5.74, 6) is 0.267. The number of rotatable bonds is 5. The van der Waals surface area contributed by atoms with Gasteiger partial charge < -0.3 is 14.5 Å². The monoisotopic (exact) mass is 442 g/mol.